The van der Waals surface area contributed by atoms with E-state index in [1.165, 1.54) is 31.7 Å². The van der Waals surface area contributed by atoms with Gasteiger partial charge in [-0.2, -0.15) is 0 Å². The quantitative estimate of drug-likeness (QED) is 0.735. The summed E-state index contributed by atoms with van der Waals surface area (Å²) in [6, 6.07) is 5.14. The summed E-state index contributed by atoms with van der Waals surface area (Å²) in [5, 5.41) is 8.46. The van der Waals surface area contributed by atoms with E-state index in [4.69, 9.17) is 10.9 Å². The van der Waals surface area contributed by atoms with Crippen LogP contribution in [0.4, 0.5) is 11.4 Å². The average Bonchev–Trinajstić information content (AvgIpc) is 2.83. The number of rotatable bonds is 4. The molecule has 1 aromatic rings. The Hall–Kier alpha value is -1.27. The number of anilines is 2. The van der Waals surface area contributed by atoms with E-state index in [0.717, 1.165) is 0 Å². The smallest absolute Gasteiger partial charge is 0.240 e. The number of benzene rings is 1. The van der Waals surface area contributed by atoms with Gasteiger partial charge in [0.25, 0.3) is 0 Å². The van der Waals surface area contributed by atoms with Crippen molar-refractivity contribution in [2.24, 2.45) is 11.1 Å². The van der Waals surface area contributed by atoms with E-state index in [1.54, 1.807) is 12.1 Å². The van der Waals surface area contributed by atoms with Gasteiger partial charge in [-0.1, -0.05) is 18.9 Å². The summed E-state index contributed by atoms with van der Waals surface area (Å²) in [7, 11) is -3.78. The largest absolute Gasteiger partial charge is 0.396 e. The summed E-state index contributed by atoms with van der Waals surface area (Å²) >= 11 is 0. The minimum Gasteiger partial charge on any atom is -0.396 e. The third-order valence-corrected chi connectivity index (χ3v) is 4.83. The highest BCUT2D eigenvalue weighted by atomic mass is 32.2. The molecule has 0 radical (unpaired) electrons. The summed E-state index contributed by atoms with van der Waals surface area (Å²) < 4.78 is 22.8. The van der Waals surface area contributed by atoms with Crippen molar-refractivity contribution in [1.82, 2.24) is 0 Å². The van der Waals surface area contributed by atoms with E-state index in [-0.39, 0.29) is 16.6 Å². The first-order valence-electron chi connectivity index (χ1n) is 6.57. The Morgan fingerprint density at radius 1 is 1.32 bits per heavy atom. The van der Waals surface area contributed by atoms with Crippen LogP contribution in [0.15, 0.2) is 23.1 Å². The molecule has 106 valence electrons. The number of sulfonamides is 1. The number of nitrogen functional groups attached to an aromatic ring is 1. The van der Waals surface area contributed by atoms with Crippen LogP contribution in [0.3, 0.4) is 0 Å². The average molecular weight is 283 g/mol. The SMILES string of the molecule is CC(Nc1cccc(S(N)(=O)=O)c1N)C1CCCC1. The molecule has 1 aromatic carbocycles. The Kier molecular flexibility index (Phi) is 4.01. The molecule has 1 atom stereocenters. The van der Waals surface area contributed by atoms with Crippen molar-refractivity contribution in [1.29, 1.82) is 0 Å². The predicted molar refractivity (Wildman–Crippen MR) is 77.3 cm³/mol. The van der Waals surface area contributed by atoms with E-state index in [2.05, 4.69) is 12.2 Å². The van der Waals surface area contributed by atoms with Gasteiger partial charge in [-0.15, -0.1) is 0 Å². The molecule has 6 heteroatoms. The van der Waals surface area contributed by atoms with Gasteiger partial charge in [-0.05, 0) is 37.8 Å². The first kappa shape index (κ1) is 14.1. The van der Waals surface area contributed by atoms with Crippen LogP contribution in [-0.4, -0.2) is 14.5 Å². The zero-order chi connectivity index (χ0) is 14.0. The molecule has 0 bridgehead atoms. The molecule has 1 aliphatic rings. The summed E-state index contributed by atoms with van der Waals surface area (Å²) in [5.74, 6) is 0.623. The normalized spacial score (nSPS) is 18.4. The molecule has 0 heterocycles. The van der Waals surface area contributed by atoms with E-state index >= 15 is 0 Å². The molecular formula is C13H21N3O2S. The highest BCUT2D eigenvalue weighted by Gasteiger charge is 2.22. The lowest BCUT2D eigenvalue weighted by Gasteiger charge is -2.23. The molecule has 0 amide bonds. The lowest BCUT2D eigenvalue weighted by molar-refractivity contribution is 0.482. The molecule has 0 aliphatic heterocycles. The van der Waals surface area contributed by atoms with Crippen LogP contribution < -0.4 is 16.2 Å². The molecule has 5 nitrogen and oxygen atoms in total. The van der Waals surface area contributed by atoms with Gasteiger partial charge in [0.2, 0.25) is 10.0 Å². The molecule has 19 heavy (non-hydrogen) atoms. The van der Waals surface area contributed by atoms with E-state index < -0.39 is 10.0 Å². The van der Waals surface area contributed by atoms with Crippen LogP contribution >= 0.6 is 0 Å². The van der Waals surface area contributed by atoms with Crippen molar-refractivity contribution in [3.05, 3.63) is 18.2 Å². The zero-order valence-electron chi connectivity index (χ0n) is 11.1. The van der Waals surface area contributed by atoms with Gasteiger partial charge in [-0.25, -0.2) is 13.6 Å². The molecule has 1 aliphatic carbocycles. The molecule has 1 unspecified atom stereocenters. The topological polar surface area (TPSA) is 98.2 Å². The highest BCUT2D eigenvalue weighted by Crippen LogP contribution is 2.32. The van der Waals surface area contributed by atoms with Gasteiger partial charge < -0.3 is 11.1 Å². The van der Waals surface area contributed by atoms with Crippen LogP contribution in [0.1, 0.15) is 32.6 Å². The second kappa shape index (κ2) is 5.38. The number of primary sulfonamides is 1. The van der Waals surface area contributed by atoms with Crippen LogP contribution in [0.2, 0.25) is 0 Å². The van der Waals surface area contributed by atoms with E-state index in [0.29, 0.717) is 11.6 Å². The van der Waals surface area contributed by atoms with Crippen LogP contribution in [0.5, 0.6) is 0 Å². The second-order valence-corrected chi connectivity index (χ2v) is 6.77. The van der Waals surface area contributed by atoms with Crippen molar-refractivity contribution < 1.29 is 8.42 Å². The molecular weight excluding hydrogens is 262 g/mol. The van der Waals surface area contributed by atoms with Crippen molar-refractivity contribution in [2.45, 2.75) is 43.5 Å². The van der Waals surface area contributed by atoms with Crippen molar-refractivity contribution in [3.63, 3.8) is 0 Å². The van der Waals surface area contributed by atoms with Crippen LogP contribution in [0.25, 0.3) is 0 Å². The molecule has 2 rings (SSSR count). The standard InChI is InChI=1S/C13H21N3O2S/c1-9(10-5-2-3-6-10)16-11-7-4-8-12(13(11)14)19(15,17)18/h4,7-10,16H,2-3,5-6,14H2,1H3,(H2,15,17,18). The van der Waals surface area contributed by atoms with Gasteiger partial charge in [0, 0.05) is 6.04 Å². The van der Waals surface area contributed by atoms with Crippen LogP contribution in [-0.2, 0) is 10.0 Å². The van der Waals surface area contributed by atoms with Crippen molar-refractivity contribution in [2.75, 3.05) is 11.1 Å². The van der Waals surface area contributed by atoms with Crippen molar-refractivity contribution >= 4 is 21.4 Å². The Morgan fingerprint density at radius 2 is 1.95 bits per heavy atom. The van der Waals surface area contributed by atoms with E-state index in [1.807, 2.05) is 0 Å². The van der Waals surface area contributed by atoms with Gasteiger partial charge >= 0.3 is 0 Å². The predicted octanol–water partition coefficient (Wildman–Crippen LogP) is 1.91. The number of nitrogens with two attached hydrogens (primary N) is 2. The third-order valence-electron chi connectivity index (χ3n) is 3.86. The number of para-hydroxylation sites is 1. The molecule has 1 fully saturated rings. The molecule has 0 spiro atoms. The maximum atomic E-state index is 11.4. The Bertz CT molecular complexity index is 551. The fourth-order valence-electron chi connectivity index (χ4n) is 2.74. The summed E-state index contributed by atoms with van der Waals surface area (Å²) in [4.78, 5) is -0.0175. The number of hydrogen-bond acceptors (Lipinski definition) is 4. The van der Waals surface area contributed by atoms with Crippen molar-refractivity contribution in [3.8, 4) is 0 Å². The monoisotopic (exact) mass is 283 g/mol. The Balaban J connectivity index is 2.21. The minimum absolute atomic E-state index is 0.0175. The Labute approximate surface area is 114 Å². The molecule has 0 saturated heterocycles. The first-order chi connectivity index (χ1) is 8.89. The summed E-state index contributed by atoms with van der Waals surface area (Å²) in [5.41, 5.74) is 6.74. The lowest BCUT2D eigenvalue weighted by Crippen LogP contribution is -2.25. The number of nitrogens with one attached hydrogen (secondary N) is 1. The zero-order valence-corrected chi connectivity index (χ0v) is 11.9. The first-order valence-corrected chi connectivity index (χ1v) is 8.12. The summed E-state index contributed by atoms with van der Waals surface area (Å²) in [6.07, 6.45) is 4.96. The fraction of sp³-hybridized carbons (Fsp3) is 0.538. The maximum Gasteiger partial charge on any atom is 0.240 e. The third kappa shape index (κ3) is 3.19. The fourth-order valence-corrected chi connectivity index (χ4v) is 3.42. The molecule has 0 aromatic heterocycles. The second-order valence-electron chi connectivity index (χ2n) is 5.24. The van der Waals surface area contributed by atoms with E-state index in [9.17, 15) is 8.42 Å². The lowest BCUT2D eigenvalue weighted by atomic mass is 9.99. The summed E-state index contributed by atoms with van der Waals surface area (Å²) in [6.45, 7) is 2.11. The minimum atomic E-state index is -3.78. The number of hydrogen-bond donors (Lipinski definition) is 3. The molecule has 1 saturated carbocycles. The van der Waals surface area contributed by atoms with Gasteiger partial charge in [-0.3, -0.25) is 0 Å². The van der Waals surface area contributed by atoms with Gasteiger partial charge in [0.1, 0.15) is 4.90 Å². The van der Waals surface area contributed by atoms with Gasteiger partial charge in [0.05, 0.1) is 11.4 Å². The Morgan fingerprint density at radius 3 is 2.53 bits per heavy atom. The van der Waals surface area contributed by atoms with Crippen LogP contribution in [0, 0.1) is 5.92 Å². The van der Waals surface area contributed by atoms with Gasteiger partial charge in [0.15, 0.2) is 0 Å². The highest BCUT2D eigenvalue weighted by molar-refractivity contribution is 7.89. The molecule has 5 N–H and O–H groups in total. The maximum absolute atomic E-state index is 11.4.